The highest BCUT2D eigenvalue weighted by atomic mass is 16.3. The Morgan fingerprint density at radius 2 is 1.88 bits per heavy atom. The average Bonchev–Trinajstić information content (AvgIpc) is 2.88. The van der Waals surface area contributed by atoms with Gasteiger partial charge in [0.05, 0.1) is 6.10 Å². The van der Waals surface area contributed by atoms with Crippen LogP contribution in [0.1, 0.15) is 56.3 Å². The molecule has 17 heavy (non-hydrogen) atoms. The zero-order valence-corrected chi connectivity index (χ0v) is 10.7. The maximum absolute atomic E-state index is 10.6. The van der Waals surface area contributed by atoms with Gasteiger partial charge in [-0.2, -0.15) is 0 Å². The SMILES string of the molecule is C=Cc1ccc(C(O)C2(CC)CCCC2)cc1. The van der Waals surface area contributed by atoms with Crippen molar-refractivity contribution in [2.75, 3.05) is 0 Å². The van der Waals surface area contributed by atoms with Crippen LogP contribution in [0.2, 0.25) is 0 Å². The summed E-state index contributed by atoms with van der Waals surface area (Å²) in [4.78, 5) is 0. The van der Waals surface area contributed by atoms with Gasteiger partial charge in [0.2, 0.25) is 0 Å². The molecule has 0 radical (unpaired) electrons. The van der Waals surface area contributed by atoms with Crippen molar-refractivity contribution in [3.8, 4) is 0 Å². The van der Waals surface area contributed by atoms with E-state index in [1.165, 1.54) is 12.8 Å². The van der Waals surface area contributed by atoms with E-state index in [-0.39, 0.29) is 11.5 Å². The molecule has 1 heteroatoms. The summed E-state index contributed by atoms with van der Waals surface area (Å²) in [7, 11) is 0. The first-order valence-corrected chi connectivity index (χ1v) is 6.62. The molecule has 92 valence electrons. The lowest BCUT2D eigenvalue weighted by Crippen LogP contribution is -2.25. The van der Waals surface area contributed by atoms with E-state index in [4.69, 9.17) is 0 Å². The van der Waals surface area contributed by atoms with Gasteiger partial charge in [-0.1, -0.05) is 56.7 Å². The second-order valence-electron chi connectivity index (χ2n) is 5.20. The van der Waals surface area contributed by atoms with Gasteiger partial charge in [-0.05, 0) is 30.4 Å². The monoisotopic (exact) mass is 230 g/mol. The van der Waals surface area contributed by atoms with E-state index < -0.39 is 0 Å². The Morgan fingerprint density at radius 1 is 1.29 bits per heavy atom. The summed E-state index contributed by atoms with van der Waals surface area (Å²) in [5, 5.41) is 10.6. The fraction of sp³-hybridized carbons (Fsp3) is 0.500. The van der Waals surface area contributed by atoms with Crippen LogP contribution >= 0.6 is 0 Å². The summed E-state index contributed by atoms with van der Waals surface area (Å²) in [6, 6.07) is 8.14. The Balaban J connectivity index is 2.22. The van der Waals surface area contributed by atoms with Crippen molar-refractivity contribution in [3.63, 3.8) is 0 Å². The Labute approximate surface area is 104 Å². The highest BCUT2D eigenvalue weighted by Gasteiger charge is 2.39. The van der Waals surface area contributed by atoms with Crippen LogP contribution in [0.4, 0.5) is 0 Å². The molecule has 2 rings (SSSR count). The molecule has 1 aromatic rings. The first-order valence-electron chi connectivity index (χ1n) is 6.62. The van der Waals surface area contributed by atoms with Gasteiger partial charge in [-0.3, -0.25) is 0 Å². The molecule has 0 amide bonds. The highest BCUT2D eigenvalue weighted by Crippen LogP contribution is 2.49. The third-order valence-electron chi connectivity index (χ3n) is 4.37. The van der Waals surface area contributed by atoms with Crippen molar-refractivity contribution in [3.05, 3.63) is 42.0 Å². The highest BCUT2D eigenvalue weighted by molar-refractivity contribution is 5.47. The second-order valence-corrected chi connectivity index (χ2v) is 5.20. The van der Waals surface area contributed by atoms with Crippen LogP contribution in [0.3, 0.4) is 0 Å². The Kier molecular flexibility index (Phi) is 3.68. The molecule has 0 aromatic heterocycles. The summed E-state index contributed by atoms with van der Waals surface area (Å²) < 4.78 is 0. The molecule has 1 atom stereocenters. The normalized spacial score (nSPS) is 20.1. The van der Waals surface area contributed by atoms with Crippen LogP contribution in [-0.4, -0.2) is 5.11 Å². The first kappa shape index (κ1) is 12.4. The molecule has 0 spiro atoms. The lowest BCUT2D eigenvalue weighted by Gasteiger charge is -2.33. The van der Waals surface area contributed by atoms with Crippen molar-refractivity contribution in [2.24, 2.45) is 5.41 Å². The molecule has 0 heterocycles. The van der Waals surface area contributed by atoms with Crippen molar-refractivity contribution < 1.29 is 5.11 Å². The van der Waals surface area contributed by atoms with E-state index in [1.54, 1.807) is 0 Å². The molecule has 1 aliphatic carbocycles. The van der Waals surface area contributed by atoms with E-state index in [2.05, 4.69) is 13.5 Å². The smallest absolute Gasteiger partial charge is 0.0846 e. The van der Waals surface area contributed by atoms with Crippen LogP contribution in [0.5, 0.6) is 0 Å². The molecule has 1 aliphatic rings. The van der Waals surface area contributed by atoms with Gasteiger partial charge >= 0.3 is 0 Å². The molecule has 1 fully saturated rings. The van der Waals surface area contributed by atoms with E-state index in [0.717, 1.165) is 30.4 Å². The van der Waals surface area contributed by atoms with Gasteiger partial charge in [0.15, 0.2) is 0 Å². The molecule has 1 saturated carbocycles. The van der Waals surface area contributed by atoms with Crippen LogP contribution < -0.4 is 0 Å². The van der Waals surface area contributed by atoms with Crippen LogP contribution in [0.15, 0.2) is 30.8 Å². The number of hydrogen-bond acceptors (Lipinski definition) is 1. The number of aliphatic hydroxyl groups excluding tert-OH is 1. The fourth-order valence-corrected chi connectivity index (χ4v) is 3.07. The van der Waals surface area contributed by atoms with Gasteiger partial charge in [0.1, 0.15) is 0 Å². The lowest BCUT2D eigenvalue weighted by atomic mass is 9.75. The Bertz CT molecular complexity index is 371. The van der Waals surface area contributed by atoms with Crippen molar-refractivity contribution >= 4 is 6.08 Å². The second kappa shape index (κ2) is 5.05. The predicted molar refractivity (Wildman–Crippen MR) is 72.7 cm³/mol. The molecular weight excluding hydrogens is 208 g/mol. The molecular formula is C16H22O. The van der Waals surface area contributed by atoms with Crippen molar-refractivity contribution in [1.82, 2.24) is 0 Å². The number of rotatable bonds is 4. The minimum Gasteiger partial charge on any atom is -0.388 e. The first-order chi connectivity index (χ1) is 8.22. The van der Waals surface area contributed by atoms with Crippen molar-refractivity contribution in [1.29, 1.82) is 0 Å². The van der Waals surface area contributed by atoms with E-state index >= 15 is 0 Å². The Morgan fingerprint density at radius 3 is 2.35 bits per heavy atom. The molecule has 0 bridgehead atoms. The minimum atomic E-state index is -0.311. The maximum atomic E-state index is 10.6. The molecule has 0 aliphatic heterocycles. The fourth-order valence-electron chi connectivity index (χ4n) is 3.07. The molecule has 1 nitrogen and oxygen atoms in total. The van der Waals surface area contributed by atoms with E-state index in [0.29, 0.717) is 0 Å². The van der Waals surface area contributed by atoms with Crippen LogP contribution in [-0.2, 0) is 0 Å². The zero-order chi connectivity index (χ0) is 12.3. The number of hydrogen-bond donors (Lipinski definition) is 1. The van der Waals surface area contributed by atoms with Gasteiger partial charge in [-0.25, -0.2) is 0 Å². The zero-order valence-electron chi connectivity index (χ0n) is 10.7. The van der Waals surface area contributed by atoms with E-state index in [9.17, 15) is 5.11 Å². The largest absolute Gasteiger partial charge is 0.388 e. The standard InChI is InChI=1S/C16H22O/c1-3-13-7-9-14(10-8-13)15(17)16(4-2)11-5-6-12-16/h3,7-10,15,17H,1,4-6,11-12H2,2H3. The van der Waals surface area contributed by atoms with Gasteiger partial charge < -0.3 is 5.11 Å². The van der Waals surface area contributed by atoms with Crippen molar-refractivity contribution in [2.45, 2.75) is 45.1 Å². The summed E-state index contributed by atoms with van der Waals surface area (Å²) in [5.74, 6) is 0. The van der Waals surface area contributed by atoms with Crippen LogP contribution in [0, 0.1) is 5.41 Å². The molecule has 0 saturated heterocycles. The minimum absolute atomic E-state index is 0.121. The maximum Gasteiger partial charge on any atom is 0.0846 e. The molecule has 1 N–H and O–H groups in total. The van der Waals surface area contributed by atoms with Gasteiger partial charge in [0, 0.05) is 5.41 Å². The quantitative estimate of drug-likeness (QED) is 0.816. The predicted octanol–water partition coefficient (Wildman–Crippen LogP) is 4.33. The third-order valence-corrected chi connectivity index (χ3v) is 4.37. The van der Waals surface area contributed by atoms with Gasteiger partial charge in [-0.15, -0.1) is 0 Å². The molecule has 1 aromatic carbocycles. The topological polar surface area (TPSA) is 20.2 Å². The molecule has 1 unspecified atom stereocenters. The summed E-state index contributed by atoms with van der Waals surface area (Å²) >= 11 is 0. The van der Waals surface area contributed by atoms with Gasteiger partial charge in [0.25, 0.3) is 0 Å². The van der Waals surface area contributed by atoms with E-state index in [1.807, 2.05) is 30.3 Å². The summed E-state index contributed by atoms with van der Waals surface area (Å²) in [5.41, 5.74) is 2.28. The third kappa shape index (κ3) is 2.30. The number of aliphatic hydroxyl groups is 1. The Hall–Kier alpha value is -1.08. The lowest BCUT2D eigenvalue weighted by molar-refractivity contribution is 0.0238. The van der Waals surface area contributed by atoms with Crippen LogP contribution in [0.25, 0.3) is 6.08 Å². The summed E-state index contributed by atoms with van der Waals surface area (Å²) in [6.07, 6.45) is 7.43. The summed E-state index contributed by atoms with van der Waals surface area (Å²) in [6.45, 7) is 5.95. The average molecular weight is 230 g/mol. The number of benzene rings is 1.